The van der Waals surface area contributed by atoms with Crippen LogP contribution in [-0.4, -0.2) is 37.0 Å². The number of benzene rings is 2. The number of piperazine rings is 1. The topological polar surface area (TPSA) is 47.3 Å². The molecule has 0 aromatic heterocycles. The number of hydrogen-bond donors (Lipinski definition) is 0. The molecule has 3 rings (SSSR count). The number of nitriles is 1. The van der Waals surface area contributed by atoms with Crippen molar-refractivity contribution in [1.29, 1.82) is 5.26 Å². The van der Waals surface area contributed by atoms with E-state index in [1.807, 2.05) is 18.2 Å². The fraction of sp³-hybridized carbons (Fsp3) is 0.222. The molecule has 0 N–H and O–H groups in total. The highest BCUT2D eigenvalue weighted by Gasteiger charge is 2.23. The fourth-order valence-electron chi connectivity index (χ4n) is 2.77. The van der Waals surface area contributed by atoms with Crippen molar-refractivity contribution in [2.45, 2.75) is 0 Å². The van der Waals surface area contributed by atoms with Crippen molar-refractivity contribution in [3.05, 3.63) is 65.5 Å². The predicted molar refractivity (Wildman–Crippen MR) is 85.7 cm³/mol. The second-order valence-electron chi connectivity index (χ2n) is 5.42. The van der Waals surface area contributed by atoms with Crippen LogP contribution in [0.25, 0.3) is 0 Å². The normalized spacial score (nSPS) is 14.4. The van der Waals surface area contributed by atoms with E-state index >= 15 is 0 Å². The summed E-state index contributed by atoms with van der Waals surface area (Å²) in [6, 6.07) is 15.3. The van der Waals surface area contributed by atoms with Gasteiger partial charge in [-0.2, -0.15) is 5.26 Å². The molecule has 0 aliphatic carbocycles. The molecule has 2 aromatic rings. The molecule has 1 amide bonds. The molecule has 4 nitrogen and oxygen atoms in total. The van der Waals surface area contributed by atoms with Gasteiger partial charge in [0.15, 0.2) is 0 Å². The van der Waals surface area contributed by atoms with Gasteiger partial charge >= 0.3 is 0 Å². The van der Waals surface area contributed by atoms with E-state index in [9.17, 15) is 14.4 Å². The van der Waals surface area contributed by atoms with Gasteiger partial charge in [0.1, 0.15) is 11.9 Å². The van der Waals surface area contributed by atoms with Gasteiger partial charge in [0.25, 0.3) is 5.91 Å². The quantitative estimate of drug-likeness (QED) is 0.857. The molecule has 1 saturated heterocycles. The molecule has 0 unspecified atom stereocenters. The molecule has 5 heteroatoms. The Hall–Kier alpha value is -2.87. The van der Waals surface area contributed by atoms with Gasteiger partial charge in [-0.3, -0.25) is 4.79 Å². The average Bonchev–Trinajstić information content (AvgIpc) is 2.62. The molecule has 1 fully saturated rings. The molecule has 116 valence electrons. The van der Waals surface area contributed by atoms with E-state index in [-0.39, 0.29) is 11.7 Å². The lowest BCUT2D eigenvalue weighted by molar-refractivity contribution is 0.0746. The van der Waals surface area contributed by atoms with Gasteiger partial charge in [-0.1, -0.05) is 12.1 Å². The minimum Gasteiger partial charge on any atom is -0.367 e. The van der Waals surface area contributed by atoms with E-state index in [0.717, 1.165) is 5.69 Å². The SMILES string of the molecule is N#Cc1ccccc1N1CCN(C(=O)c2ccc(F)cc2)CC1. The highest BCUT2D eigenvalue weighted by atomic mass is 19.1. The first-order chi connectivity index (χ1) is 11.2. The van der Waals surface area contributed by atoms with E-state index in [0.29, 0.717) is 37.3 Å². The Balaban J connectivity index is 1.68. The smallest absolute Gasteiger partial charge is 0.253 e. The summed E-state index contributed by atoms with van der Waals surface area (Å²) in [6.07, 6.45) is 0. The summed E-state index contributed by atoms with van der Waals surface area (Å²) >= 11 is 0. The number of anilines is 1. The van der Waals surface area contributed by atoms with Crippen molar-refractivity contribution in [2.24, 2.45) is 0 Å². The lowest BCUT2D eigenvalue weighted by Gasteiger charge is -2.36. The van der Waals surface area contributed by atoms with Crippen molar-refractivity contribution < 1.29 is 9.18 Å². The molecule has 2 aromatic carbocycles. The number of rotatable bonds is 2. The number of para-hydroxylation sites is 1. The Morgan fingerprint density at radius 3 is 2.30 bits per heavy atom. The third-order valence-electron chi connectivity index (χ3n) is 4.02. The highest BCUT2D eigenvalue weighted by Crippen LogP contribution is 2.21. The first-order valence-corrected chi connectivity index (χ1v) is 7.48. The number of carbonyl (C=O) groups is 1. The van der Waals surface area contributed by atoms with Gasteiger partial charge in [-0.25, -0.2) is 4.39 Å². The van der Waals surface area contributed by atoms with Crippen LogP contribution in [0.2, 0.25) is 0 Å². The van der Waals surface area contributed by atoms with Gasteiger partial charge in [-0.15, -0.1) is 0 Å². The maximum atomic E-state index is 12.9. The van der Waals surface area contributed by atoms with Gasteiger partial charge in [0.05, 0.1) is 11.3 Å². The summed E-state index contributed by atoms with van der Waals surface area (Å²) < 4.78 is 12.9. The van der Waals surface area contributed by atoms with E-state index < -0.39 is 0 Å². The molecule has 0 atom stereocenters. The minimum absolute atomic E-state index is 0.0850. The van der Waals surface area contributed by atoms with Crippen LogP contribution in [0.1, 0.15) is 15.9 Å². The fourth-order valence-corrected chi connectivity index (χ4v) is 2.77. The molecule has 0 saturated carbocycles. The van der Waals surface area contributed by atoms with Crippen molar-refractivity contribution in [3.63, 3.8) is 0 Å². The molecular weight excluding hydrogens is 293 g/mol. The maximum Gasteiger partial charge on any atom is 0.253 e. The predicted octanol–water partition coefficient (Wildman–Crippen LogP) is 2.66. The maximum absolute atomic E-state index is 12.9. The summed E-state index contributed by atoms with van der Waals surface area (Å²) in [6.45, 7) is 2.50. The molecule has 23 heavy (non-hydrogen) atoms. The van der Waals surface area contributed by atoms with Crippen LogP contribution in [0.5, 0.6) is 0 Å². The van der Waals surface area contributed by atoms with Crippen molar-refractivity contribution in [1.82, 2.24) is 4.90 Å². The number of hydrogen-bond acceptors (Lipinski definition) is 3. The Morgan fingerprint density at radius 1 is 1.00 bits per heavy atom. The molecule has 0 radical (unpaired) electrons. The monoisotopic (exact) mass is 309 g/mol. The van der Waals surface area contributed by atoms with Crippen LogP contribution < -0.4 is 4.90 Å². The first-order valence-electron chi connectivity index (χ1n) is 7.48. The van der Waals surface area contributed by atoms with Gasteiger partial charge in [-0.05, 0) is 36.4 Å². The second-order valence-corrected chi connectivity index (χ2v) is 5.42. The molecule has 1 aliphatic heterocycles. The number of halogens is 1. The Bertz CT molecular complexity index is 744. The van der Waals surface area contributed by atoms with Crippen LogP contribution in [0, 0.1) is 17.1 Å². The van der Waals surface area contributed by atoms with E-state index in [2.05, 4.69) is 11.0 Å². The standard InChI is InChI=1S/C18H16FN3O/c19-16-7-5-14(6-8-16)18(23)22-11-9-21(10-12-22)17-4-2-1-3-15(17)13-20/h1-8H,9-12H2. The van der Waals surface area contributed by atoms with Crippen molar-refractivity contribution in [2.75, 3.05) is 31.1 Å². The van der Waals surface area contributed by atoms with Crippen LogP contribution in [0.4, 0.5) is 10.1 Å². The Labute approximate surface area is 134 Å². The Kier molecular flexibility index (Phi) is 4.24. The summed E-state index contributed by atoms with van der Waals surface area (Å²) in [5.41, 5.74) is 2.05. The summed E-state index contributed by atoms with van der Waals surface area (Å²) in [7, 11) is 0. The zero-order valence-electron chi connectivity index (χ0n) is 12.6. The van der Waals surface area contributed by atoms with Crippen LogP contribution in [0.15, 0.2) is 48.5 Å². The lowest BCUT2D eigenvalue weighted by atomic mass is 10.1. The molecular formula is C18H16FN3O. The van der Waals surface area contributed by atoms with Crippen LogP contribution in [-0.2, 0) is 0 Å². The largest absolute Gasteiger partial charge is 0.367 e. The van der Waals surface area contributed by atoms with E-state index in [1.165, 1.54) is 24.3 Å². The van der Waals surface area contributed by atoms with E-state index in [1.54, 1.807) is 11.0 Å². The first kappa shape index (κ1) is 15.0. The summed E-state index contributed by atoms with van der Waals surface area (Å²) in [5.74, 6) is -0.433. The van der Waals surface area contributed by atoms with Crippen molar-refractivity contribution >= 4 is 11.6 Å². The zero-order valence-corrected chi connectivity index (χ0v) is 12.6. The lowest BCUT2D eigenvalue weighted by Crippen LogP contribution is -2.49. The third-order valence-corrected chi connectivity index (χ3v) is 4.02. The molecule has 0 bridgehead atoms. The van der Waals surface area contributed by atoms with Crippen molar-refractivity contribution in [3.8, 4) is 6.07 Å². The van der Waals surface area contributed by atoms with Gasteiger partial charge in [0, 0.05) is 31.7 Å². The number of amides is 1. The van der Waals surface area contributed by atoms with Gasteiger partial charge < -0.3 is 9.80 Å². The van der Waals surface area contributed by atoms with Gasteiger partial charge in [0.2, 0.25) is 0 Å². The summed E-state index contributed by atoms with van der Waals surface area (Å²) in [4.78, 5) is 16.3. The second kappa shape index (κ2) is 6.49. The molecule has 1 aliphatic rings. The van der Waals surface area contributed by atoms with Crippen LogP contribution >= 0.6 is 0 Å². The highest BCUT2D eigenvalue weighted by molar-refractivity contribution is 5.94. The Morgan fingerprint density at radius 2 is 1.65 bits per heavy atom. The average molecular weight is 309 g/mol. The minimum atomic E-state index is -0.348. The number of carbonyl (C=O) groups excluding carboxylic acids is 1. The third kappa shape index (κ3) is 3.16. The zero-order chi connectivity index (χ0) is 16.2. The van der Waals surface area contributed by atoms with Crippen LogP contribution in [0.3, 0.4) is 0 Å². The molecule has 1 heterocycles. The number of nitrogens with zero attached hydrogens (tertiary/aromatic N) is 3. The molecule has 0 spiro atoms. The van der Waals surface area contributed by atoms with E-state index in [4.69, 9.17) is 0 Å². The summed E-state index contributed by atoms with van der Waals surface area (Å²) in [5, 5.41) is 9.19.